The Morgan fingerprint density at radius 3 is 2.77 bits per heavy atom. The molecule has 1 aromatic heterocycles. The lowest BCUT2D eigenvalue weighted by atomic mass is 9.93. The fourth-order valence-electron chi connectivity index (χ4n) is 3.43. The van der Waals surface area contributed by atoms with Gasteiger partial charge >= 0.3 is 0 Å². The van der Waals surface area contributed by atoms with Gasteiger partial charge < -0.3 is 20.3 Å². The van der Waals surface area contributed by atoms with Crippen molar-refractivity contribution in [2.24, 2.45) is 4.99 Å². The molecule has 0 amide bonds. The first-order valence-corrected chi connectivity index (χ1v) is 11.1. The summed E-state index contributed by atoms with van der Waals surface area (Å²) in [5.74, 6) is 1.78. The van der Waals surface area contributed by atoms with Crippen molar-refractivity contribution in [1.29, 1.82) is 0 Å². The van der Waals surface area contributed by atoms with Crippen molar-refractivity contribution in [2.45, 2.75) is 45.1 Å². The second-order valence-corrected chi connectivity index (χ2v) is 9.32. The van der Waals surface area contributed by atoms with Gasteiger partial charge in [-0.25, -0.2) is 4.98 Å². The van der Waals surface area contributed by atoms with Crippen molar-refractivity contribution in [2.75, 3.05) is 38.7 Å². The maximum Gasteiger partial charge on any atom is 0.191 e. The number of nitrogens with one attached hydrogen (secondary N) is 2. The van der Waals surface area contributed by atoms with E-state index in [2.05, 4.69) is 58.8 Å². The summed E-state index contributed by atoms with van der Waals surface area (Å²) < 4.78 is 5.51. The highest BCUT2D eigenvalue weighted by atomic mass is 127. The number of benzene rings is 1. The summed E-state index contributed by atoms with van der Waals surface area (Å²) in [4.78, 5) is 11.5. The van der Waals surface area contributed by atoms with E-state index in [1.54, 1.807) is 18.4 Å². The molecular formula is C22H34IN5OS. The van der Waals surface area contributed by atoms with E-state index in [1.807, 2.05) is 19.2 Å². The van der Waals surface area contributed by atoms with Gasteiger partial charge in [0.2, 0.25) is 0 Å². The Morgan fingerprint density at radius 1 is 1.33 bits per heavy atom. The van der Waals surface area contributed by atoms with Crippen molar-refractivity contribution in [3.8, 4) is 5.75 Å². The van der Waals surface area contributed by atoms with Crippen molar-refractivity contribution < 1.29 is 4.74 Å². The quantitative estimate of drug-likeness (QED) is 0.327. The molecule has 0 saturated carbocycles. The molecule has 2 N–H and O–H groups in total. The van der Waals surface area contributed by atoms with E-state index < -0.39 is 0 Å². The first-order chi connectivity index (χ1) is 13.9. The number of methoxy groups -OCH3 is 1. The van der Waals surface area contributed by atoms with Gasteiger partial charge in [0, 0.05) is 49.9 Å². The van der Waals surface area contributed by atoms with E-state index in [4.69, 9.17) is 9.72 Å². The Kier molecular flexibility index (Phi) is 9.21. The molecular weight excluding hydrogens is 509 g/mol. The third kappa shape index (κ3) is 6.47. The summed E-state index contributed by atoms with van der Waals surface area (Å²) in [5, 5.41) is 10.3. The van der Waals surface area contributed by atoms with Crippen LogP contribution in [0.4, 0.5) is 5.69 Å². The minimum absolute atomic E-state index is 0. The molecule has 1 aliphatic heterocycles. The molecule has 1 aliphatic rings. The number of nitrogens with zero attached hydrogens (tertiary/aromatic N) is 3. The Labute approximate surface area is 201 Å². The molecule has 1 fully saturated rings. The lowest BCUT2D eigenvalue weighted by Gasteiger charge is -2.22. The van der Waals surface area contributed by atoms with E-state index in [0.29, 0.717) is 6.04 Å². The van der Waals surface area contributed by atoms with Gasteiger partial charge in [0.15, 0.2) is 5.96 Å². The van der Waals surface area contributed by atoms with E-state index in [9.17, 15) is 0 Å². The van der Waals surface area contributed by atoms with Crippen LogP contribution in [0.15, 0.2) is 34.6 Å². The molecule has 3 rings (SSSR count). The Hall–Kier alpha value is -1.55. The molecule has 1 saturated heterocycles. The van der Waals surface area contributed by atoms with E-state index in [0.717, 1.165) is 49.9 Å². The predicted octanol–water partition coefficient (Wildman–Crippen LogP) is 4.05. The minimum atomic E-state index is 0. The smallest absolute Gasteiger partial charge is 0.191 e. The number of hydrogen-bond acceptors (Lipinski definition) is 5. The number of rotatable bonds is 6. The number of ether oxygens (including phenoxy) is 1. The maximum atomic E-state index is 5.51. The number of thiazole rings is 1. The number of para-hydroxylation sites is 2. The minimum Gasteiger partial charge on any atom is -0.495 e. The van der Waals surface area contributed by atoms with E-state index in [-0.39, 0.29) is 29.4 Å². The normalized spacial score (nSPS) is 16.9. The fraction of sp³-hybridized carbons (Fsp3) is 0.545. The lowest BCUT2D eigenvalue weighted by molar-refractivity contribution is 0.415. The van der Waals surface area contributed by atoms with Gasteiger partial charge in [-0.15, -0.1) is 35.3 Å². The summed E-state index contributed by atoms with van der Waals surface area (Å²) >= 11 is 1.74. The highest BCUT2D eigenvalue weighted by molar-refractivity contribution is 14.0. The largest absolute Gasteiger partial charge is 0.495 e. The molecule has 0 aliphatic carbocycles. The molecule has 166 valence electrons. The predicted molar refractivity (Wildman–Crippen MR) is 138 cm³/mol. The standard InChI is InChI=1S/C22H33N5OS.HI/c1-22(2,3)19-15-29-20(26-19)10-12-24-21(23-4)25-16-11-13-27(14-16)17-8-6-7-9-18(17)28-5;/h6-9,15-16H,10-14H2,1-5H3,(H2,23,24,25);1H. The molecule has 1 aromatic carbocycles. The van der Waals surface area contributed by atoms with E-state index >= 15 is 0 Å². The molecule has 0 bridgehead atoms. The second kappa shape index (κ2) is 11.2. The molecule has 2 aromatic rings. The van der Waals surface area contributed by atoms with Crippen LogP contribution in [0.2, 0.25) is 0 Å². The van der Waals surface area contributed by atoms with Gasteiger partial charge in [-0.05, 0) is 18.6 Å². The summed E-state index contributed by atoms with van der Waals surface area (Å²) in [5.41, 5.74) is 2.43. The van der Waals surface area contributed by atoms with Crippen LogP contribution in [0, 0.1) is 0 Å². The summed E-state index contributed by atoms with van der Waals surface area (Å²) in [7, 11) is 3.55. The van der Waals surface area contributed by atoms with Gasteiger partial charge in [-0.1, -0.05) is 32.9 Å². The average molecular weight is 544 g/mol. The van der Waals surface area contributed by atoms with Crippen LogP contribution in [0.1, 0.15) is 37.9 Å². The highest BCUT2D eigenvalue weighted by Crippen LogP contribution is 2.30. The number of halogens is 1. The number of aromatic nitrogens is 1. The maximum absolute atomic E-state index is 5.51. The molecule has 1 atom stereocenters. The molecule has 6 nitrogen and oxygen atoms in total. The van der Waals surface area contributed by atoms with Crippen molar-refractivity contribution in [3.05, 3.63) is 40.3 Å². The molecule has 1 unspecified atom stereocenters. The fourth-order valence-corrected chi connectivity index (χ4v) is 4.46. The van der Waals surface area contributed by atoms with Gasteiger partial charge in [-0.3, -0.25) is 4.99 Å². The summed E-state index contributed by atoms with van der Waals surface area (Å²) in [6.07, 6.45) is 1.97. The van der Waals surface area contributed by atoms with Crippen LogP contribution < -0.4 is 20.3 Å². The molecule has 8 heteroatoms. The molecule has 0 spiro atoms. The van der Waals surface area contributed by atoms with Crippen LogP contribution in [0.25, 0.3) is 0 Å². The summed E-state index contributed by atoms with van der Waals surface area (Å²) in [6.45, 7) is 9.36. The van der Waals surface area contributed by atoms with Gasteiger partial charge in [0.25, 0.3) is 0 Å². The third-order valence-electron chi connectivity index (χ3n) is 5.13. The average Bonchev–Trinajstić information content (AvgIpc) is 3.36. The van der Waals surface area contributed by atoms with Crippen molar-refractivity contribution in [3.63, 3.8) is 0 Å². The third-order valence-corrected chi connectivity index (χ3v) is 6.04. The zero-order valence-corrected chi connectivity index (χ0v) is 21.7. The number of aliphatic imine (C=N–C) groups is 1. The van der Waals surface area contributed by atoms with Gasteiger partial charge in [-0.2, -0.15) is 0 Å². The second-order valence-electron chi connectivity index (χ2n) is 8.37. The molecule has 30 heavy (non-hydrogen) atoms. The first kappa shape index (κ1) is 24.7. The van der Waals surface area contributed by atoms with Gasteiger partial charge in [0.05, 0.1) is 23.5 Å². The SMILES string of the molecule is CN=C(NCCc1nc(C(C)(C)C)cs1)NC1CCN(c2ccccc2OC)C1.I. The Morgan fingerprint density at radius 2 is 2.10 bits per heavy atom. The van der Waals surface area contributed by atoms with Crippen LogP contribution in [-0.4, -0.2) is 50.8 Å². The van der Waals surface area contributed by atoms with Crippen molar-refractivity contribution in [1.82, 2.24) is 15.6 Å². The van der Waals surface area contributed by atoms with Crippen LogP contribution in [-0.2, 0) is 11.8 Å². The Balaban J connectivity index is 0.00000320. The van der Waals surface area contributed by atoms with Crippen molar-refractivity contribution >= 4 is 47.0 Å². The number of anilines is 1. The van der Waals surface area contributed by atoms with Crippen LogP contribution in [0.5, 0.6) is 5.75 Å². The first-order valence-electron chi connectivity index (χ1n) is 10.2. The molecule has 0 radical (unpaired) electrons. The zero-order valence-electron chi connectivity index (χ0n) is 18.6. The topological polar surface area (TPSA) is 61.8 Å². The number of guanidine groups is 1. The van der Waals surface area contributed by atoms with Crippen LogP contribution >= 0.6 is 35.3 Å². The monoisotopic (exact) mass is 543 g/mol. The lowest BCUT2D eigenvalue weighted by Crippen LogP contribution is -2.45. The Bertz CT molecular complexity index is 833. The molecule has 2 heterocycles. The van der Waals surface area contributed by atoms with E-state index in [1.165, 1.54) is 10.7 Å². The van der Waals surface area contributed by atoms with Gasteiger partial charge in [0.1, 0.15) is 5.75 Å². The van der Waals surface area contributed by atoms with Crippen LogP contribution in [0.3, 0.4) is 0 Å². The highest BCUT2D eigenvalue weighted by Gasteiger charge is 2.25. The zero-order chi connectivity index (χ0) is 20.9. The summed E-state index contributed by atoms with van der Waals surface area (Å²) in [6, 6.07) is 8.56. The number of hydrogen-bond donors (Lipinski definition) is 2.